The number of aromatic nitrogens is 2. The zero-order valence-electron chi connectivity index (χ0n) is 12.4. The third-order valence-corrected chi connectivity index (χ3v) is 4.71. The van der Waals surface area contributed by atoms with Gasteiger partial charge in [0.05, 0.1) is 6.04 Å². The van der Waals surface area contributed by atoms with Crippen LogP contribution in [-0.2, 0) is 0 Å². The van der Waals surface area contributed by atoms with Crippen molar-refractivity contribution in [2.45, 2.75) is 31.7 Å². The molecule has 0 aliphatic heterocycles. The molecule has 116 valence electrons. The average Bonchev–Trinajstić information content (AvgIpc) is 3.22. The highest BCUT2D eigenvalue weighted by molar-refractivity contribution is 6.35. The molecule has 1 heterocycles. The molecule has 1 atom stereocenters. The number of nitrogens with one attached hydrogen (secondary N) is 1. The maximum absolute atomic E-state index is 12.6. The Morgan fingerprint density at radius 1 is 1.36 bits per heavy atom. The van der Waals surface area contributed by atoms with Gasteiger partial charge >= 0.3 is 0 Å². The Hall–Kier alpha value is -1.52. The molecule has 1 aromatic heterocycles. The van der Waals surface area contributed by atoms with Crippen molar-refractivity contribution in [1.29, 1.82) is 0 Å². The molecular formula is C16H17Cl2N3O. The van der Waals surface area contributed by atoms with Gasteiger partial charge in [0.1, 0.15) is 5.69 Å². The zero-order chi connectivity index (χ0) is 15.9. The number of aromatic amines is 1. The number of halogens is 2. The van der Waals surface area contributed by atoms with Crippen molar-refractivity contribution in [2.24, 2.45) is 0 Å². The van der Waals surface area contributed by atoms with E-state index in [1.165, 1.54) is 12.8 Å². The summed E-state index contributed by atoms with van der Waals surface area (Å²) in [5.41, 5.74) is 2.36. The minimum absolute atomic E-state index is 0.123. The Labute approximate surface area is 139 Å². The molecule has 1 saturated carbocycles. The van der Waals surface area contributed by atoms with Gasteiger partial charge in [0.15, 0.2) is 0 Å². The fourth-order valence-electron chi connectivity index (χ4n) is 2.46. The van der Waals surface area contributed by atoms with Crippen LogP contribution < -0.4 is 0 Å². The van der Waals surface area contributed by atoms with Gasteiger partial charge in [-0.1, -0.05) is 29.3 Å². The third-order valence-electron chi connectivity index (χ3n) is 4.15. The van der Waals surface area contributed by atoms with Crippen molar-refractivity contribution >= 4 is 29.1 Å². The molecule has 1 N–H and O–H groups in total. The summed E-state index contributed by atoms with van der Waals surface area (Å²) in [5, 5.41) is 8.24. The van der Waals surface area contributed by atoms with Gasteiger partial charge in [0.2, 0.25) is 0 Å². The number of nitrogens with zero attached hydrogens (tertiary/aromatic N) is 2. The van der Waals surface area contributed by atoms with Gasteiger partial charge in [-0.2, -0.15) is 5.10 Å². The van der Waals surface area contributed by atoms with E-state index in [1.54, 1.807) is 24.1 Å². The molecule has 1 aliphatic rings. The molecule has 2 aromatic rings. The number of rotatable bonds is 4. The number of H-pyrrole nitrogens is 1. The molecule has 1 amide bonds. The molecule has 3 rings (SSSR count). The third kappa shape index (κ3) is 2.99. The minimum atomic E-state index is -0.168. The standard InChI is InChI=1S/C16H17Cl2N3O/c1-9(12-6-5-11(17)7-13(12)18)21(2)16(22)15-8-14(19-20-15)10-3-4-10/h5-10H,3-4H2,1-2H3,(H,19,20). The van der Waals surface area contributed by atoms with Gasteiger partial charge in [-0.05, 0) is 43.5 Å². The predicted octanol–water partition coefficient (Wildman–Crippen LogP) is 4.43. The largest absolute Gasteiger partial charge is 0.333 e. The average molecular weight is 338 g/mol. The van der Waals surface area contributed by atoms with E-state index in [0.717, 1.165) is 11.3 Å². The van der Waals surface area contributed by atoms with Crippen molar-refractivity contribution in [3.05, 3.63) is 51.3 Å². The molecule has 6 heteroatoms. The lowest BCUT2D eigenvalue weighted by Gasteiger charge is -2.25. The van der Waals surface area contributed by atoms with Gasteiger partial charge in [-0.15, -0.1) is 0 Å². The summed E-state index contributed by atoms with van der Waals surface area (Å²) >= 11 is 12.1. The van der Waals surface area contributed by atoms with Crippen LogP contribution in [0.15, 0.2) is 24.3 Å². The molecule has 0 radical (unpaired) electrons. The zero-order valence-corrected chi connectivity index (χ0v) is 13.9. The highest BCUT2D eigenvalue weighted by Crippen LogP contribution is 2.39. The second kappa shape index (κ2) is 5.94. The van der Waals surface area contributed by atoms with Crippen molar-refractivity contribution in [1.82, 2.24) is 15.1 Å². The number of hydrogen-bond donors (Lipinski definition) is 1. The van der Waals surface area contributed by atoms with E-state index in [9.17, 15) is 4.79 Å². The van der Waals surface area contributed by atoms with Crippen LogP contribution in [0.2, 0.25) is 10.0 Å². The molecule has 1 unspecified atom stereocenters. The SMILES string of the molecule is CC(c1ccc(Cl)cc1Cl)N(C)C(=O)c1cc(C2CC2)[nH]n1. The number of benzene rings is 1. The highest BCUT2D eigenvalue weighted by Gasteiger charge is 2.28. The van der Waals surface area contributed by atoms with Crippen LogP contribution in [0.3, 0.4) is 0 Å². The Morgan fingerprint density at radius 2 is 2.09 bits per heavy atom. The van der Waals surface area contributed by atoms with Crippen molar-refractivity contribution in [3.63, 3.8) is 0 Å². The van der Waals surface area contributed by atoms with Gasteiger partial charge < -0.3 is 4.90 Å². The maximum atomic E-state index is 12.6. The molecule has 0 saturated heterocycles. The Bertz CT molecular complexity index is 709. The smallest absolute Gasteiger partial charge is 0.274 e. The Morgan fingerprint density at radius 3 is 2.73 bits per heavy atom. The van der Waals surface area contributed by atoms with Gasteiger partial charge in [-0.3, -0.25) is 9.89 Å². The highest BCUT2D eigenvalue weighted by atomic mass is 35.5. The van der Waals surface area contributed by atoms with E-state index < -0.39 is 0 Å². The van der Waals surface area contributed by atoms with E-state index >= 15 is 0 Å². The molecule has 22 heavy (non-hydrogen) atoms. The summed E-state index contributed by atoms with van der Waals surface area (Å²) in [6.45, 7) is 1.93. The van der Waals surface area contributed by atoms with Crippen LogP contribution in [0.5, 0.6) is 0 Å². The number of carbonyl (C=O) groups is 1. The first-order valence-electron chi connectivity index (χ1n) is 7.24. The topological polar surface area (TPSA) is 49.0 Å². The fourth-order valence-corrected chi connectivity index (χ4v) is 3.02. The summed E-state index contributed by atoms with van der Waals surface area (Å²) in [7, 11) is 1.75. The van der Waals surface area contributed by atoms with Gasteiger partial charge in [-0.25, -0.2) is 0 Å². The van der Waals surface area contributed by atoms with Gasteiger partial charge in [0, 0.05) is 28.7 Å². The maximum Gasteiger partial charge on any atom is 0.274 e. The summed E-state index contributed by atoms with van der Waals surface area (Å²) < 4.78 is 0. The lowest BCUT2D eigenvalue weighted by Crippen LogP contribution is -2.30. The quantitative estimate of drug-likeness (QED) is 0.897. The molecule has 0 spiro atoms. The van der Waals surface area contributed by atoms with Crippen LogP contribution in [0.4, 0.5) is 0 Å². The molecule has 4 nitrogen and oxygen atoms in total. The van der Waals surface area contributed by atoms with Crippen molar-refractivity contribution < 1.29 is 4.79 Å². The van der Waals surface area contributed by atoms with Gasteiger partial charge in [0.25, 0.3) is 5.91 Å². The van der Waals surface area contributed by atoms with E-state index in [0.29, 0.717) is 21.7 Å². The summed E-state index contributed by atoms with van der Waals surface area (Å²) in [6, 6.07) is 6.99. The fraction of sp³-hybridized carbons (Fsp3) is 0.375. The Balaban J connectivity index is 1.78. The van der Waals surface area contributed by atoms with E-state index in [4.69, 9.17) is 23.2 Å². The lowest BCUT2D eigenvalue weighted by molar-refractivity contribution is 0.0736. The van der Waals surface area contributed by atoms with E-state index in [1.807, 2.05) is 19.1 Å². The number of hydrogen-bond acceptors (Lipinski definition) is 2. The van der Waals surface area contributed by atoms with Crippen molar-refractivity contribution in [3.8, 4) is 0 Å². The van der Waals surface area contributed by atoms with Crippen LogP contribution in [0, 0.1) is 0 Å². The molecule has 1 aromatic carbocycles. The van der Waals surface area contributed by atoms with E-state index in [2.05, 4.69) is 10.2 Å². The first kappa shape index (κ1) is 15.4. The Kier molecular flexibility index (Phi) is 4.15. The van der Waals surface area contributed by atoms with Crippen LogP contribution in [0.1, 0.15) is 53.5 Å². The summed E-state index contributed by atoms with van der Waals surface area (Å²) in [4.78, 5) is 14.2. The van der Waals surface area contributed by atoms with Crippen LogP contribution in [0.25, 0.3) is 0 Å². The predicted molar refractivity (Wildman–Crippen MR) is 87.5 cm³/mol. The molecule has 1 fully saturated rings. The second-order valence-corrected chi connectivity index (χ2v) is 6.58. The van der Waals surface area contributed by atoms with E-state index in [-0.39, 0.29) is 11.9 Å². The molecule has 1 aliphatic carbocycles. The lowest BCUT2D eigenvalue weighted by atomic mass is 10.1. The second-order valence-electron chi connectivity index (χ2n) is 5.74. The van der Waals surface area contributed by atoms with Crippen LogP contribution >= 0.6 is 23.2 Å². The molecular weight excluding hydrogens is 321 g/mol. The number of carbonyl (C=O) groups excluding carboxylic acids is 1. The number of amides is 1. The first-order valence-corrected chi connectivity index (χ1v) is 8.00. The van der Waals surface area contributed by atoms with Crippen LogP contribution in [-0.4, -0.2) is 28.1 Å². The summed E-state index contributed by atoms with van der Waals surface area (Å²) in [6.07, 6.45) is 2.34. The molecule has 0 bridgehead atoms. The summed E-state index contributed by atoms with van der Waals surface area (Å²) in [5.74, 6) is 0.421. The first-order chi connectivity index (χ1) is 10.5. The minimum Gasteiger partial charge on any atom is -0.333 e. The normalized spacial score (nSPS) is 15.6. The van der Waals surface area contributed by atoms with Crippen molar-refractivity contribution in [2.75, 3.05) is 7.05 Å². The monoisotopic (exact) mass is 337 g/mol.